The zero-order valence-electron chi connectivity index (χ0n) is 22.4. The number of carbonyl (C=O) groups excluding carboxylic acids is 2. The molecule has 0 saturated carbocycles. The number of halogens is 2. The van der Waals surface area contributed by atoms with Gasteiger partial charge in [0.15, 0.2) is 0 Å². The second kappa shape index (κ2) is 12.6. The van der Waals surface area contributed by atoms with Crippen LogP contribution in [0.5, 0.6) is 0 Å². The van der Waals surface area contributed by atoms with Crippen LogP contribution in [-0.4, -0.2) is 43.3 Å². The van der Waals surface area contributed by atoms with Crippen LogP contribution in [0.4, 0.5) is 10.1 Å². The van der Waals surface area contributed by atoms with Crippen LogP contribution in [0, 0.1) is 5.82 Å². The average Bonchev–Trinajstić information content (AvgIpc) is 2.87. The van der Waals surface area contributed by atoms with Crippen molar-refractivity contribution in [3.05, 3.63) is 95.3 Å². The molecule has 0 saturated heterocycles. The van der Waals surface area contributed by atoms with Gasteiger partial charge in [0, 0.05) is 17.1 Å². The molecule has 0 aliphatic heterocycles. The zero-order valence-corrected chi connectivity index (χ0v) is 24.0. The van der Waals surface area contributed by atoms with Crippen molar-refractivity contribution >= 4 is 39.1 Å². The first-order valence-electron chi connectivity index (χ1n) is 12.5. The Labute approximate surface area is 234 Å². The predicted molar refractivity (Wildman–Crippen MR) is 151 cm³/mol. The van der Waals surface area contributed by atoms with Gasteiger partial charge in [-0.1, -0.05) is 54.9 Å². The van der Waals surface area contributed by atoms with E-state index >= 15 is 0 Å². The molecule has 7 nitrogen and oxygen atoms in total. The molecule has 3 aromatic carbocycles. The molecule has 0 aliphatic carbocycles. The fourth-order valence-electron chi connectivity index (χ4n) is 4.04. The number of hydrogen-bond donors (Lipinski definition) is 1. The smallest absolute Gasteiger partial charge is 0.264 e. The third-order valence-corrected chi connectivity index (χ3v) is 8.06. The van der Waals surface area contributed by atoms with Crippen molar-refractivity contribution in [2.75, 3.05) is 10.8 Å². The van der Waals surface area contributed by atoms with Gasteiger partial charge in [0.2, 0.25) is 11.8 Å². The lowest BCUT2D eigenvalue weighted by molar-refractivity contribution is -0.141. The Morgan fingerprint density at radius 1 is 0.949 bits per heavy atom. The van der Waals surface area contributed by atoms with Gasteiger partial charge in [-0.25, -0.2) is 12.8 Å². The summed E-state index contributed by atoms with van der Waals surface area (Å²) in [5, 5.41) is 3.34. The van der Waals surface area contributed by atoms with Gasteiger partial charge in [-0.2, -0.15) is 0 Å². The summed E-state index contributed by atoms with van der Waals surface area (Å²) in [5.41, 5.74) is 0.313. The van der Waals surface area contributed by atoms with E-state index in [0.717, 1.165) is 28.6 Å². The van der Waals surface area contributed by atoms with Crippen molar-refractivity contribution in [1.29, 1.82) is 0 Å². The first-order valence-corrected chi connectivity index (χ1v) is 14.3. The van der Waals surface area contributed by atoms with Crippen molar-refractivity contribution < 1.29 is 22.4 Å². The third kappa shape index (κ3) is 7.80. The Morgan fingerprint density at radius 2 is 1.54 bits per heavy atom. The Bertz CT molecular complexity index is 1390. The lowest BCUT2D eigenvalue weighted by Crippen LogP contribution is -2.55. The number of sulfonamides is 1. The van der Waals surface area contributed by atoms with E-state index in [1.54, 1.807) is 61.5 Å². The number of rotatable bonds is 10. The second-order valence-electron chi connectivity index (χ2n) is 10.1. The summed E-state index contributed by atoms with van der Waals surface area (Å²) in [4.78, 5) is 28.5. The topological polar surface area (TPSA) is 86.8 Å². The number of carbonyl (C=O) groups is 2. The molecule has 0 aromatic heterocycles. The molecule has 0 fully saturated rings. The van der Waals surface area contributed by atoms with Gasteiger partial charge < -0.3 is 10.2 Å². The monoisotopic (exact) mass is 573 g/mol. The summed E-state index contributed by atoms with van der Waals surface area (Å²) in [6.45, 7) is 6.70. The molecule has 1 atom stereocenters. The molecule has 0 aliphatic rings. The molecule has 0 heterocycles. The number of nitrogens with one attached hydrogen (secondary N) is 1. The van der Waals surface area contributed by atoms with Crippen LogP contribution in [-0.2, 0) is 26.2 Å². The highest BCUT2D eigenvalue weighted by Crippen LogP contribution is 2.26. The van der Waals surface area contributed by atoms with Crippen molar-refractivity contribution in [2.24, 2.45) is 0 Å². The average molecular weight is 574 g/mol. The number of nitrogens with zero attached hydrogens (tertiary/aromatic N) is 2. The molecule has 208 valence electrons. The molecule has 0 radical (unpaired) electrons. The molecule has 3 aromatic rings. The van der Waals surface area contributed by atoms with Gasteiger partial charge in [-0.15, -0.1) is 0 Å². The summed E-state index contributed by atoms with van der Waals surface area (Å²) in [6.07, 6.45) is 0.286. The number of anilines is 1. The van der Waals surface area contributed by atoms with E-state index in [4.69, 9.17) is 11.6 Å². The molecule has 0 unspecified atom stereocenters. The third-order valence-electron chi connectivity index (χ3n) is 5.91. The number of para-hydroxylation sites is 1. The summed E-state index contributed by atoms with van der Waals surface area (Å²) < 4.78 is 41.9. The fourth-order valence-corrected chi connectivity index (χ4v) is 5.65. The van der Waals surface area contributed by atoms with E-state index in [-0.39, 0.29) is 29.5 Å². The minimum atomic E-state index is -4.27. The zero-order chi connectivity index (χ0) is 28.8. The molecule has 39 heavy (non-hydrogen) atoms. The summed E-state index contributed by atoms with van der Waals surface area (Å²) in [7, 11) is -4.27. The van der Waals surface area contributed by atoms with Gasteiger partial charge >= 0.3 is 0 Å². The van der Waals surface area contributed by atoms with Crippen molar-refractivity contribution in [1.82, 2.24) is 10.2 Å². The first-order chi connectivity index (χ1) is 18.3. The lowest BCUT2D eigenvalue weighted by Gasteiger charge is -2.35. The minimum absolute atomic E-state index is 0.00615. The molecule has 1 N–H and O–H groups in total. The maximum absolute atomic E-state index is 14.0. The van der Waals surface area contributed by atoms with E-state index in [1.807, 2.05) is 20.8 Å². The predicted octanol–water partition coefficient (Wildman–Crippen LogP) is 5.40. The van der Waals surface area contributed by atoms with Crippen LogP contribution in [0.2, 0.25) is 5.02 Å². The van der Waals surface area contributed by atoms with Gasteiger partial charge in [0.25, 0.3) is 10.0 Å². The van der Waals surface area contributed by atoms with E-state index in [9.17, 15) is 22.4 Å². The molecular weight excluding hydrogens is 541 g/mol. The van der Waals surface area contributed by atoms with Crippen LogP contribution in [0.1, 0.15) is 39.7 Å². The molecule has 0 spiro atoms. The van der Waals surface area contributed by atoms with Gasteiger partial charge in [0.05, 0.1) is 10.6 Å². The Kier molecular flexibility index (Phi) is 9.74. The Balaban J connectivity index is 2.06. The normalized spacial score (nSPS) is 12.5. The molecular formula is C29H33ClFN3O4S. The molecule has 2 amide bonds. The van der Waals surface area contributed by atoms with Crippen LogP contribution >= 0.6 is 11.6 Å². The van der Waals surface area contributed by atoms with E-state index in [0.29, 0.717) is 10.6 Å². The van der Waals surface area contributed by atoms with Gasteiger partial charge in [-0.05, 0) is 75.2 Å². The van der Waals surface area contributed by atoms with E-state index < -0.39 is 39.9 Å². The quantitative estimate of drug-likeness (QED) is 0.352. The second-order valence-corrected chi connectivity index (χ2v) is 12.3. The first kappa shape index (κ1) is 30.1. The van der Waals surface area contributed by atoms with E-state index in [1.165, 1.54) is 4.90 Å². The lowest BCUT2D eigenvalue weighted by atomic mass is 10.1. The highest BCUT2D eigenvalue weighted by atomic mass is 35.5. The maximum Gasteiger partial charge on any atom is 0.264 e. The van der Waals surface area contributed by atoms with Crippen LogP contribution in [0.25, 0.3) is 0 Å². The summed E-state index contributed by atoms with van der Waals surface area (Å²) >= 11 is 6.40. The van der Waals surface area contributed by atoms with Gasteiger partial charge in [-0.3, -0.25) is 13.9 Å². The number of amides is 2. The van der Waals surface area contributed by atoms with Crippen LogP contribution < -0.4 is 9.62 Å². The number of benzene rings is 3. The molecule has 10 heteroatoms. The largest absolute Gasteiger partial charge is 0.350 e. The highest BCUT2D eigenvalue weighted by Gasteiger charge is 2.34. The maximum atomic E-state index is 14.0. The number of hydrogen-bond acceptors (Lipinski definition) is 4. The fraction of sp³-hybridized carbons (Fsp3) is 0.310. The SMILES string of the molecule is CC[C@H](C(=O)NC(C)(C)C)N(Cc1ccccc1Cl)C(=O)CN(c1ccccc1)S(=O)(=O)c1ccc(F)cc1. The van der Waals surface area contributed by atoms with Crippen LogP contribution in [0.3, 0.4) is 0 Å². The Morgan fingerprint density at radius 3 is 2.10 bits per heavy atom. The highest BCUT2D eigenvalue weighted by molar-refractivity contribution is 7.92. The van der Waals surface area contributed by atoms with Gasteiger partial charge in [0.1, 0.15) is 18.4 Å². The summed E-state index contributed by atoms with van der Waals surface area (Å²) in [6, 6.07) is 18.6. The molecule has 0 bridgehead atoms. The summed E-state index contributed by atoms with van der Waals surface area (Å²) in [5.74, 6) is -1.55. The van der Waals surface area contributed by atoms with E-state index in [2.05, 4.69) is 5.32 Å². The van der Waals surface area contributed by atoms with Crippen LogP contribution in [0.15, 0.2) is 83.8 Å². The van der Waals surface area contributed by atoms with Crippen molar-refractivity contribution in [3.63, 3.8) is 0 Å². The minimum Gasteiger partial charge on any atom is -0.350 e. The van der Waals surface area contributed by atoms with Crippen molar-refractivity contribution in [2.45, 2.75) is 57.1 Å². The standard InChI is InChI=1S/C29H33ClFN3O4S/c1-5-26(28(36)32-29(2,3)4)33(19-21-11-9-10-14-25(21)30)27(35)20-34(23-12-7-6-8-13-23)39(37,38)24-17-15-22(31)16-18-24/h6-18,26H,5,19-20H2,1-4H3,(H,32,36)/t26-/m1/s1. The molecule has 3 rings (SSSR count). The Hall–Kier alpha value is -3.43. The van der Waals surface area contributed by atoms with Crippen molar-refractivity contribution in [3.8, 4) is 0 Å².